The van der Waals surface area contributed by atoms with Crippen LogP contribution in [0, 0.1) is 11.3 Å². The van der Waals surface area contributed by atoms with Gasteiger partial charge in [0.25, 0.3) is 0 Å². The Labute approximate surface area is 73.7 Å². The predicted octanol–water partition coefficient (Wildman–Crippen LogP) is 0.497. The molecule has 1 aliphatic carbocycles. The van der Waals surface area contributed by atoms with Crippen LogP contribution in [0.4, 0.5) is 0 Å². The Kier molecular flexibility index (Phi) is 2.73. The second kappa shape index (κ2) is 3.44. The Morgan fingerprint density at radius 1 is 1.58 bits per heavy atom. The molecule has 0 bridgehead atoms. The van der Waals surface area contributed by atoms with Gasteiger partial charge in [0.05, 0.1) is 5.41 Å². The summed E-state index contributed by atoms with van der Waals surface area (Å²) in [5, 5.41) is 2.85. The molecule has 0 unspecified atom stereocenters. The van der Waals surface area contributed by atoms with Crippen LogP contribution >= 0.6 is 0 Å². The lowest BCUT2D eigenvalue weighted by molar-refractivity contribution is -0.127. The van der Waals surface area contributed by atoms with Gasteiger partial charge in [-0.3, -0.25) is 4.79 Å². The average molecular weight is 170 g/mol. The molecular formula is C9H18N2O. The Bertz CT molecular complexity index is 173. The molecule has 0 aromatic rings. The van der Waals surface area contributed by atoms with Crippen molar-refractivity contribution in [2.75, 3.05) is 13.1 Å². The lowest BCUT2D eigenvalue weighted by atomic mass is 9.91. The molecule has 0 spiro atoms. The highest BCUT2D eigenvalue weighted by molar-refractivity contribution is 5.85. The first kappa shape index (κ1) is 9.52. The van der Waals surface area contributed by atoms with Crippen molar-refractivity contribution in [2.24, 2.45) is 17.1 Å². The number of rotatable bonds is 4. The fourth-order valence-corrected chi connectivity index (χ4v) is 1.56. The van der Waals surface area contributed by atoms with Crippen LogP contribution < -0.4 is 11.1 Å². The summed E-state index contributed by atoms with van der Waals surface area (Å²) in [4.78, 5) is 11.6. The second-order valence-electron chi connectivity index (χ2n) is 3.86. The van der Waals surface area contributed by atoms with Crippen molar-refractivity contribution in [1.29, 1.82) is 0 Å². The Morgan fingerprint density at radius 3 is 2.50 bits per heavy atom. The van der Waals surface area contributed by atoms with Crippen LogP contribution in [0.2, 0.25) is 0 Å². The van der Waals surface area contributed by atoms with E-state index < -0.39 is 0 Å². The number of carbonyl (C=O) groups excluding carboxylic acids is 1. The third-order valence-corrected chi connectivity index (χ3v) is 2.78. The first-order valence-corrected chi connectivity index (χ1v) is 4.62. The molecule has 0 atom stereocenters. The molecule has 0 aliphatic heterocycles. The first-order chi connectivity index (χ1) is 5.63. The summed E-state index contributed by atoms with van der Waals surface area (Å²) in [6.07, 6.45) is 2.09. The lowest BCUT2D eigenvalue weighted by Crippen LogP contribution is -2.37. The Hall–Kier alpha value is -0.570. The maximum Gasteiger partial charge on any atom is 0.226 e. The third-order valence-electron chi connectivity index (χ3n) is 2.78. The van der Waals surface area contributed by atoms with Crippen LogP contribution in [0.3, 0.4) is 0 Å². The normalized spacial score (nSPS) is 19.3. The summed E-state index contributed by atoms with van der Waals surface area (Å²) in [5.41, 5.74) is 5.26. The van der Waals surface area contributed by atoms with E-state index in [9.17, 15) is 4.79 Å². The van der Waals surface area contributed by atoms with Crippen molar-refractivity contribution in [3.05, 3.63) is 0 Å². The van der Waals surface area contributed by atoms with Gasteiger partial charge in [-0.1, -0.05) is 13.8 Å². The number of nitrogens with one attached hydrogen (secondary N) is 1. The quantitative estimate of drug-likeness (QED) is 0.645. The first-order valence-electron chi connectivity index (χ1n) is 4.62. The molecule has 3 nitrogen and oxygen atoms in total. The van der Waals surface area contributed by atoms with E-state index in [-0.39, 0.29) is 11.3 Å². The maximum absolute atomic E-state index is 11.6. The molecule has 0 saturated heterocycles. The van der Waals surface area contributed by atoms with Crippen molar-refractivity contribution in [2.45, 2.75) is 26.7 Å². The molecule has 0 aromatic heterocycles. The summed E-state index contributed by atoms with van der Waals surface area (Å²) >= 11 is 0. The van der Waals surface area contributed by atoms with Gasteiger partial charge in [-0.15, -0.1) is 0 Å². The minimum Gasteiger partial charge on any atom is -0.354 e. The third kappa shape index (κ3) is 1.61. The van der Waals surface area contributed by atoms with E-state index >= 15 is 0 Å². The molecule has 12 heavy (non-hydrogen) atoms. The van der Waals surface area contributed by atoms with Crippen LogP contribution in [0.1, 0.15) is 26.7 Å². The number of hydrogen-bond acceptors (Lipinski definition) is 2. The van der Waals surface area contributed by atoms with Crippen LogP contribution in [0.25, 0.3) is 0 Å². The van der Waals surface area contributed by atoms with E-state index in [1.54, 1.807) is 0 Å². The van der Waals surface area contributed by atoms with Crippen LogP contribution in [-0.2, 0) is 4.79 Å². The zero-order valence-electron chi connectivity index (χ0n) is 7.89. The van der Waals surface area contributed by atoms with Crippen molar-refractivity contribution in [3.8, 4) is 0 Å². The van der Waals surface area contributed by atoms with Crippen molar-refractivity contribution in [1.82, 2.24) is 5.32 Å². The van der Waals surface area contributed by atoms with E-state index in [1.807, 2.05) is 0 Å². The van der Waals surface area contributed by atoms with Crippen LogP contribution in [0.15, 0.2) is 0 Å². The van der Waals surface area contributed by atoms with Gasteiger partial charge >= 0.3 is 0 Å². The molecular weight excluding hydrogens is 152 g/mol. The highest BCUT2D eigenvalue weighted by Gasteiger charge is 2.51. The monoisotopic (exact) mass is 170 g/mol. The number of hydrogen-bond donors (Lipinski definition) is 2. The summed E-state index contributed by atoms with van der Waals surface area (Å²) in [6.45, 7) is 5.34. The number of amides is 1. The standard InChI is InChI=1S/C9H18N2O/c1-7(2)9(3-4-9)8(12)11-6-5-10/h7H,3-6,10H2,1-2H3,(H,11,12). The van der Waals surface area contributed by atoms with Crippen molar-refractivity contribution < 1.29 is 4.79 Å². The molecule has 0 aromatic carbocycles. The fraction of sp³-hybridized carbons (Fsp3) is 0.889. The molecule has 1 amide bonds. The lowest BCUT2D eigenvalue weighted by Gasteiger charge is -2.18. The summed E-state index contributed by atoms with van der Waals surface area (Å²) < 4.78 is 0. The SMILES string of the molecule is CC(C)C1(C(=O)NCCN)CC1. The predicted molar refractivity (Wildman–Crippen MR) is 48.6 cm³/mol. The van der Waals surface area contributed by atoms with Gasteiger partial charge in [-0.2, -0.15) is 0 Å². The summed E-state index contributed by atoms with van der Waals surface area (Å²) in [7, 11) is 0. The minimum absolute atomic E-state index is 0.0465. The Morgan fingerprint density at radius 2 is 2.17 bits per heavy atom. The fourth-order valence-electron chi connectivity index (χ4n) is 1.56. The summed E-state index contributed by atoms with van der Waals surface area (Å²) in [5.74, 6) is 0.651. The molecule has 3 N–H and O–H groups in total. The van der Waals surface area contributed by atoms with Gasteiger partial charge in [0.2, 0.25) is 5.91 Å². The van der Waals surface area contributed by atoms with Crippen molar-refractivity contribution in [3.63, 3.8) is 0 Å². The zero-order valence-corrected chi connectivity index (χ0v) is 7.89. The topological polar surface area (TPSA) is 55.1 Å². The highest BCUT2D eigenvalue weighted by Crippen LogP contribution is 2.51. The van der Waals surface area contributed by atoms with Gasteiger partial charge < -0.3 is 11.1 Å². The molecule has 1 aliphatic rings. The van der Waals surface area contributed by atoms with E-state index in [2.05, 4.69) is 19.2 Å². The van der Waals surface area contributed by atoms with Gasteiger partial charge in [-0.25, -0.2) is 0 Å². The summed E-state index contributed by atoms with van der Waals surface area (Å²) in [6, 6.07) is 0. The van der Waals surface area contributed by atoms with E-state index in [0.717, 1.165) is 12.8 Å². The Balaban J connectivity index is 2.41. The van der Waals surface area contributed by atoms with Crippen LogP contribution in [0.5, 0.6) is 0 Å². The minimum atomic E-state index is -0.0465. The number of carbonyl (C=O) groups is 1. The average Bonchev–Trinajstić information content (AvgIpc) is 2.80. The van der Waals surface area contributed by atoms with Gasteiger partial charge in [0, 0.05) is 13.1 Å². The molecule has 1 saturated carbocycles. The zero-order chi connectivity index (χ0) is 9.19. The van der Waals surface area contributed by atoms with Gasteiger partial charge in [-0.05, 0) is 18.8 Å². The number of nitrogens with two attached hydrogens (primary N) is 1. The van der Waals surface area contributed by atoms with E-state index in [0.29, 0.717) is 19.0 Å². The smallest absolute Gasteiger partial charge is 0.226 e. The largest absolute Gasteiger partial charge is 0.354 e. The van der Waals surface area contributed by atoms with Crippen LogP contribution in [-0.4, -0.2) is 19.0 Å². The maximum atomic E-state index is 11.6. The molecule has 0 heterocycles. The van der Waals surface area contributed by atoms with E-state index in [4.69, 9.17) is 5.73 Å². The molecule has 0 radical (unpaired) electrons. The molecule has 1 fully saturated rings. The molecule has 70 valence electrons. The highest BCUT2D eigenvalue weighted by atomic mass is 16.2. The molecule has 1 rings (SSSR count). The van der Waals surface area contributed by atoms with E-state index in [1.165, 1.54) is 0 Å². The van der Waals surface area contributed by atoms with Gasteiger partial charge in [0.15, 0.2) is 0 Å². The molecule has 3 heteroatoms. The van der Waals surface area contributed by atoms with Crippen molar-refractivity contribution >= 4 is 5.91 Å². The van der Waals surface area contributed by atoms with Gasteiger partial charge in [0.1, 0.15) is 0 Å². The second-order valence-corrected chi connectivity index (χ2v) is 3.86.